The van der Waals surface area contributed by atoms with E-state index in [-0.39, 0.29) is 5.41 Å². The Labute approximate surface area is 133 Å². The molecule has 0 heterocycles. The number of allylic oxidation sites excluding steroid dienone is 3. The molecule has 0 radical (unpaired) electrons. The van der Waals surface area contributed by atoms with Crippen LogP contribution in [0.3, 0.4) is 0 Å². The molecule has 0 amide bonds. The monoisotopic (exact) mass is 292 g/mol. The molecule has 0 saturated heterocycles. The lowest BCUT2D eigenvalue weighted by Gasteiger charge is -2.23. The molecular formula is C19H36N2. The Morgan fingerprint density at radius 1 is 1.10 bits per heavy atom. The van der Waals surface area contributed by atoms with E-state index in [9.17, 15) is 0 Å². The van der Waals surface area contributed by atoms with Crippen LogP contribution in [0.15, 0.2) is 29.2 Å². The Kier molecular flexibility index (Phi) is 11.0. The van der Waals surface area contributed by atoms with Crippen molar-refractivity contribution >= 4 is 6.72 Å². The second-order valence-corrected chi connectivity index (χ2v) is 6.48. The molecule has 0 aromatic rings. The summed E-state index contributed by atoms with van der Waals surface area (Å²) in [7, 11) is 0. The molecule has 0 atom stereocenters. The molecular weight excluding hydrogens is 256 g/mol. The summed E-state index contributed by atoms with van der Waals surface area (Å²) in [5.74, 6) is 0. The first-order chi connectivity index (χ1) is 10.0. The summed E-state index contributed by atoms with van der Waals surface area (Å²) in [6.45, 7) is 14.9. The largest absolute Gasteiger partial charge is 0.246 e. The van der Waals surface area contributed by atoms with Crippen LogP contribution >= 0.6 is 0 Å². The summed E-state index contributed by atoms with van der Waals surface area (Å²) in [5, 5.41) is 6.11. The molecule has 0 rings (SSSR count). The number of unbranched alkanes of at least 4 members (excludes halogenated alkanes) is 4. The average molecular weight is 293 g/mol. The van der Waals surface area contributed by atoms with Gasteiger partial charge in [-0.1, -0.05) is 72.0 Å². The van der Waals surface area contributed by atoms with E-state index in [4.69, 9.17) is 0 Å². The van der Waals surface area contributed by atoms with Gasteiger partial charge in [0.1, 0.15) is 0 Å². The molecule has 0 N–H and O–H groups in total. The van der Waals surface area contributed by atoms with Gasteiger partial charge in [-0.3, -0.25) is 0 Å². The van der Waals surface area contributed by atoms with Crippen molar-refractivity contribution in [1.29, 1.82) is 0 Å². The van der Waals surface area contributed by atoms with Crippen molar-refractivity contribution in [2.24, 2.45) is 10.5 Å². The molecule has 2 heteroatoms. The first-order valence-corrected chi connectivity index (χ1v) is 8.61. The Bertz CT molecular complexity index is 326. The maximum Gasteiger partial charge on any atom is 0.0376 e. The zero-order valence-electron chi connectivity index (χ0n) is 15.0. The van der Waals surface area contributed by atoms with E-state index in [1.165, 1.54) is 50.6 Å². The van der Waals surface area contributed by atoms with Crippen molar-refractivity contribution in [3.05, 3.63) is 24.0 Å². The van der Waals surface area contributed by atoms with Gasteiger partial charge < -0.3 is 0 Å². The van der Waals surface area contributed by atoms with Crippen molar-refractivity contribution in [3.8, 4) is 0 Å². The van der Waals surface area contributed by atoms with Crippen LogP contribution in [-0.2, 0) is 0 Å². The number of rotatable bonds is 12. The van der Waals surface area contributed by atoms with Crippen LogP contribution in [0.5, 0.6) is 0 Å². The van der Waals surface area contributed by atoms with E-state index < -0.39 is 0 Å². The number of hydrazone groups is 1. The van der Waals surface area contributed by atoms with Crippen LogP contribution in [-0.4, -0.2) is 11.7 Å². The minimum atomic E-state index is 0.223. The van der Waals surface area contributed by atoms with E-state index in [0.717, 1.165) is 6.42 Å². The molecule has 0 aromatic carbocycles. The SMILES string of the molecule is C=NN(/C=C/C(C)(C)CCCCC)/C(=C\C)CCCCC. The van der Waals surface area contributed by atoms with Gasteiger partial charge in [0.2, 0.25) is 0 Å². The summed E-state index contributed by atoms with van der Waals surface area (Å²) in [5.41, 5.74) is 1.47. The van der Waals surface area contributed by atoms with Gasteiger partial charge in [0.15, 0.2) is 0 Å². The fraction of sp³-hybridized carbons (Fsp3) is 0.737. The van der Waals surface area contributed by atoms with Crippen LogP contribution in [0.25, 0.3) is 0 Å². The highest BCUT2D eigenvalue weighted by molar-refractivity contribution is 5.24. The Balaban J connectivity index is 4.57. The van der Waals surface area contributed by atoms with E-state index in [1.807, 2.05) is 5.01 Å². The molecule has 122 valence electrons. The number of hydrogen-bond acceptors (Lipinski definition) is 2. The topological polar surface area (TPSA) is 15.6 Å². The molecule has 0 aromatic heterocycles. The molecule has 0 saturated carbocycles. The smallest absolute Gasteiger partial charge is 0.0376 e. The van der Waals surface area contributed by atoms with Crippen LogP contribution in [0, 0.1) is 5.41 Å². The van der Waals surface area contributed by atoms with Crippen LogP contribution in [0.4, 0.5) is 0 Å². The van der Waals surface area contributed by atoms with Gasteiger partial charge in [0, 0.05) is 18.6 Å². The van der Waals surface area contributed by atoms with E-state index in [1.54, 1.807) is 0 Å². The first-order valence-electron chi connectivity index (χ1n) is 8.61. The molecule has 2 nitrogen and oxygen atoms in total. The predicted octanol–water partition coefficient (Wildman–Crippen LogP) is 6.51. The second-order valence-electron chi connectivity index (χ2n) is 6.48. The highest BCUT2D eigenvalue weighted by atomic mass is 15.4. The number of nitrogens with zero attached hydrogens (tertiary/aromatic N) is 2. The Morgan fingerprint density at radius 3 is 2.24 bits per heavy atom. The predicted molar refractivity (Wildman–Crippen MR) is 96.4 cm³/mol. The summed E-state index contributed by atoms with van der Waals surface area (Å²) in [4.78, 5) is 0. The van der Waals surface area contributed by atoms with Crippen molar-refractivity contribution in [1.82, 2.24) is 5.01 Å². The quantitative estimate of drug-likeness (QED) is 0.227. The lowest BCUT2D eigenvalue weighted by molar-refractivity contribution is 0.396. The first kappa shape index (κ1) is 19.9. The fourth-order valence-electron chi connectivity index (χ4n) is 2.37. The van der Waals surface area contributed by atoms with Gasteiger partial charge in [0.25, 0.3) is 0 Å². The summed E-state index contributed by atoms with van der Waals surface area (Å²) in [6.07, 6.45) is 16.5. The molecule has 21 heavy (non-hydrogen) atoms. The maximum atomic E-state index is 4.17. The summed E-state index contributed by atoms with van der Waals surface area (Å²) in [6, 6.07) is 0. The van der Waals surface area contributed by atoms with Gasteiger partial charge in [-0.25, -0.2) is 5.01 Å². The summed E-state index contributed by atoms with van der Waals surface area (Å²) >= 11 is 0. The zero-order chi connectivity index (χ0) is 16.1. The average Bonchev–Trinajstić information content (AvgIpc) is 2.46. The fourth-order valence-corrected chi connectivity index (χ4v) is 2.37. The number of hydrogen-bond donors (Lipinski definition) is 0. The molecule has 0 aliphatic rings. The van der Waals surface area contributed by atoms with Gasteiger partial charge >= 0.3 is 0 Å². The van der Waals surface area contributed by atoms with Crippen molar-refractivity contribution < 1.29 is 0 Å². The second kappa shape index (κ2) is 11.6. The van der Waals surface area contributed by atoms with Gasteiger partial charge in [-0.2, -0.15) is 5.10 Å². The molecule has 0 fully saturated rings. The third-order valence-corrected chi connectivity index (χ3v) is 3.91. The minimum Gasteiger partial charge on any atom is -0.246 e. The van der Waals surface area contributed by atoms with Crippen molar-refractivity contribution in [3.63, 3.8) is 0 Å². The van der Waals surface area contributed by atoms with Gasteiger partial charge in [0.05, 0.1) is 0 Å². The van der Waals surface area contributed by atoms with Crippen LogP contribution < -0.4 is 0 Å². The van der Waals surface area contributed by atoms with Crippen LogP contribution in [0.2, 0.25) is 0 Å². The standard InChI is InChI=1S/C19H36N2/c1-7-10-12-14-18(9-3)21(20-6)17-16-19(4,5)15-13-11-8-2/h9,16-17H,6-8,10-15H2,1-5H3/b17-16+,18-9-. The third kappa shape index (κ3) is 9.49. The highest BCUT2D eigenvalue weighted by Gasteiger charge is 2.14. The van der Waals surface area contributed by atoms with Crippen molar-refractivity contribution in [2.75, 3.05) is 0 Å². The highest BCUT2D eigenvalue weighted by Crippen LogP contribution is 2.26. The van der Waals surface area contributed by atoms with Gasteiger partial charge in [-0.15, -0.1) is 0 Å². The normalized spacial score (nSPS) is 12.9. The minimum absolute atomic E-state index is 0.223. The molecule has 0 unspecified atom stereocenters. The third-order valence-electron chi connectivity index (χ3n) is 3.91. The molecule has 0 aliphatic carbocycles. The van der Waals surface area contributed by atoms with Crippen LogP contribution in [0.1, 0.15) is 86.0 Å². The Morgan fingerprint density at radius 2 is 1.71 bits per heavy atom. The zero-order valence-corrected chi connectivity index (χ0v) is 15.0. The van der Waals surface area contributed by atoms with E-state index >= 15 is 0 Å². The van der Waals surface area contributed by atoms with E-state index in [2.05, 4.69) is 64.8 Å². The maximum absolute atomic E-state index is 4.17. The lowest BCUT2D eigenvalue weighted by atomic mass is 9.87. The van der Waals surface area contributed by atoms with E-state index in [0.29, 0.717) is 0 Å². The summed E-state index contributed by atoms with van der Waals surface area (Å²) < 4.78 is 0. The molecule has 0 bridgehead atoms. The lowest BCUT2D eigenvalue weighted by Crippen LogP contribution is -2.13. The Hall–Kier alpha value is -1.05. The molecule has 0 spiro atoms. The van der Waals surface area contributed by atoms with Gasteiger partial charge in [-0.05, 0) is 31.6 Å². The molecule has 0 aliphatic heterocycles. The van der Waals surface area contributed by atoms with Crippen molar-refractivity contribution in [2.45, 2.75) is 86.0 Å².